The van der Waals surface area contributed by atoms with Gasteiger partial charge in [-0.3, -0.25) is 0 Å². The fourth-order valence-corrected chi connectivity index (χ4v) is 2.66. The number of rotatable bonds is 6. The van der Waals surface area contributed by atoms with Crippen LogP contribution < -0.4 is 5.32 Å². The number of aromatic nitrogens is 1. The van der Waals surface area contributed by atoms with E-state index in [0.717, 1.165) is 13.1 Å². The molecular formula is C18H26N2. The van der Waals surface area contributed by atoms with Crippen molar-refractivity contribution in [2.24, 2.45) is 0 Å². The Balaban J connectivity index is 2.03. The van der Waals surface area contributed by atoms with Crippen molar-refractivity contribution in [3.8, 4) is 0 Å². The maximum atomic E-state index is 3.65. The van der Waals surface area contributed by atoms with Gasteiger partial charge in [-0.1, -0.05) is 30.7 Å². The van der Waals surface area contributed by atoms with Gasteiger partial charge in [0.1, 0.15) is 0 Å². The third-order valence-corrected chi connectivity index (χ3v) is 3.88. The van der Waals surface area contributed by atoms with E-state index in [2.05, 4.69) is 74.1 Å². The molecule has 0 amide bonds. The molecule has 2 heteroatoms. The van der Waals surface area contributed by atoms with Crippen LogP contribution in [0.15, 0.2) is 36.5 Å². The van der Waals surface area contributed by atoms with E-state index in [1.54, 1.807) is 0 Å². The highest BCUT2D eigenvalue weighted by molar-refractivity contribution is 5.32. The lowest BCUT2D eigenvalue weighted by atomic mass is 10.00. The van der Waals surface area contributed by atoms with E-state index >= 15 is 0 Å². The van der Waals surface area contributed by atoms with Crippen LogP contribution >= 0.6 is 0 Å². The second kappa shape index (κ2) is 6.76. The first-order valence-electron chi connectivity index (χ1n) is 7.56. The number of hydrogen-bond donors (Lipinski definition) is 1. The average Bonchev–Trinajstić information content (AvgIpc) is 2.87. The van der Waals surface area contributed by atoms with Gasteiger partial charge in [-0.25, -0.2) is 0 Å². The Hall–Kier alpha value is -1.54. The van der Waals surface area contributed by atoms with Crippen LogP contribution in [-0.2, 0) is 13.1 Å². The predicted octanol–water partition coefficient (Wildman–Crippen LogP) is 4.37. The molecule has 1 N–H and O–H groups in total. The zero-order chi connectivity index (χ0) is 14.5. The Bertz CT molecular complexity index is 554. The molecule has 0 radical (unpaired) electrons. The molecule has 108 valence electrons. The molecule has 2 nitrogen and oxygen atoms in total. The molecule has 2 aromatic rings. The lowest BCUT2D eigenvalue weighted by Crippen LogP contribution is -2.20. The first-order chi connectivity index (χ1) is 9.61. The minimum Gasteiger partial charge on any atom is -0.350 e. The maximum Gasteiger partial charge on any atom is 0.0364 e. The fraction of sp³-hybridized carbons (Fsp3) is 0.444. The van der Waals surface area contributed by atoms with Crippen LogP contribution in [0.5, 0.6) is 0 Å². The van der Waals surface area contributed by atoms with Crippen molar-refractivity contribution in [2.75, 3.05) is 0 Å². The number of aryl methyl sites for hydroxylation is 3. The molecule has 0 aliphatic carbocycles. The monoisotopic (exact) mass is 270 g/mol. The van der Waals surface area contributed by atoms with Crippen LogP contribution in [-0.4, -0.2) is 4.57 Å². The normalized spacial score (nSPS) is 12.6. The van der Waals surface area contributed by atoms with Crippen LogP contribution in [0.1, 0.15) is 48.7 Å². The Kier molecular flexibility index (Phi) is 5.02. The zero-order valence-electron chi connectivity index (χ0n) is 13.1. The molecule has 1 heterocycles. The topological polar surface area (TPSA) is 17.0 Å². The lowest BCUT2D eigenvalue weighted by molar-refractivity contribution is 0.540. The molecular weight excluding hydrogens is 244 g/mol. The molecule has 0 aliphatic heterocycles. The van der Waals surface area contributed by atoms with Crippen LogP contribution in [0, 0.1) is 13.8 Å². The van der Waals surface area contributed by atoms with E-state index in [9.17, 15) is 0 Å². The Morgan fingerprint density at radius 2 is 2.00 bits per heavy atom. The van der Waals surface area contributed by atoms with Gasteiger partial charge >= 0.3 is 0 Å². The smallest absolute Gasteiger partial charge is 0.0364 e. The fourth-order valence-electron chi connectivity index (χ4n) is 2.66. The van der Waals surface area contributed by atoms with E-state index in [1.807, 2.05) is 0 Å². The van der Waals surface area contributed by atoms with Crippen molar-refractivity contribution in [3.05, 3.63) is 58.9 Å². The van der Waals surface area contributed by atoms with E-state index in [-0.39, 0.29) is 0 Å². The molecule has 0 spiro atoms. The molecule has 0 fully saturated rings. The minimum atomic E-state index is 0.375. The Morgan fingerprint density at radius 1 is 1.20 bits per heavy atom. The molecule has 0 bridgehead atoms. The van der Waals surface area contributed by atoms with E-state index in [4.69, 9.17) is 0 Å². The van der Waals surface area contributed by atoms with Gasteiger partial charge in [0.2, 0.25) is 0 Å². The average molecular weight is 270 g/mol. The van der Waals surface area contributed by atoms with Gasteiger partial charge in [0.25, 0.3) is 0 Å². The highest BCUT2D eigenvalue weighted by atomic mass is 15.0. The minimum absolute atomic E-state index is 0.375. The van der Waals surface area contributed by atoms with E-state index < -0.39 is 0 Å². The molecule has 0 saturated carbocycles. The standard InChI is InChI=1S/C18H26N2/c1-5-10-20-11-6-7-17(20)13-19-16(4)18-12-14(2)8-9-15(18)3/h6-9,11-12,16,19H,5,10,13H2,1-4H3. The van der Waals surface area contributed by atoms with Gasteiger partial charge in [-0.2, -0.15) is 0 Å². The summed E-state index contributed by atoms with van der Waals surface area (Å²) in [6.45, 7) is 10.8. The quantitative estimate of drug-likeness (QED) is 0.825. The predicted molar refractivity (Wildman–Crippen MR) is 85.9 cm³/mol. The van der Waals surface area contributed by atoms with Crippen LogP contribution in [0.2, 0.25) is 0 Å². The highest BCUT2D eigenvalue weighted by Crippen LogP contribution is 2.19. The largest absolute Gasteiger partial charge is 0.350 e. The first kappa shape index (κ1) is 14.9. The van der Waals surface area contributed by atoms with Crippen LogP contribution in [0.4, 0.5) is 0 Å². The third-order valence-electron chi connectivity index (χ3n) is 3.88. The first-order valence-corrected chi connectivity index (χ1v) is 7.56. The van der Waals surface area contributed by atoms with E-state index in [1.165, 1.54) is 28.8 Å². The molecule has 0 saturated heterocycles. The lowest BCUT2D eigenvalue weighted by Gasteiger charge is -2.18. The van der Waals surface area contributed by atoms with Crippen molar-refractivity contribution in [1.29, 1.82) is 0 Å². The summed E-state index contributed by atoms with van der Waals surface area (Å²) in [6, 6.07) is 11.4. The Morgan fingerprint density at radius 3 is 2.75 bits per heavy atom. The molecule has 1 aromatic heterocycles. The summed E-state index contributed by atoms with van der Waals surface area (Å²) in [7, 11) is 0. The summed E-state index contributed by atoms with van der Waals surface area (Å²) in [5.74, 6) is 0. The van der Waals surface area contributed by atoms with Crippen molar-refractivity contribution in [2.45, 2.75) is 53.2 Å². The van der Waals surface area contributed by atoms with Gasteiger partial charge < -0.3 is 9.88 Å². The highest BCUT2D eigenvalue weighted by Gasteiger charge is 2.09. The molecule has 1 aromatic carbocycles. The summed E-state index contributed by atoms with van der Waals surface area (Å²) < 4.78 is 2.34. The summed E-state index contributed by atoms with van der Waals surface area (Å²) in [4.78, 5) is 0. The zero-order valence-corrected chi connectivity index (χ0v) is 13.1. The van der Waals surface area contributed by atoms with Crippen molar-refractivity contribution < 1.29 is 0 Å². The second-order valence-electron chi connectivity index (χ2n) is 5.66. The van der Waals surface area contributed by atoms with Crippen molar-refractivity contribution in [3.63, 3.8) is 0 Å². The Labute approximate surface area is 122 Å². The molecule has 2 rings (SSSR count). The molecule has 0 aliphatic rings. The number of nitrogens with one attached hydrogen (secondary N) is 1. The van der Waals surface area contributed by atoms with Crippen molar-refractivity contribution >= 4 is 0 Å². The van der Waals surface area contributed by atoms with Crippen LogP contribution in [0.25, 0.3) is 0 Å². The SMILES string of the molecule is CCCn1cccc1CNC(C)c1cc(C)ccc1C. The van der Waals surface area contributed by atoms with E-state index in [0.29, 0.717) is 6.04 Å². The van der Waals surface area contributed by atoms with Crippen molar-refractivity contribution in [1.82, 2.24) is 9.88 Å². The van der Waals surface area contributed by atoms with Gasteiger partial charge in [0.05, 0.1) is 0 Å². The maximum absolute atomic E-state index is 3.65. The van der Waals surface area contributed by atoms with Gasteiger partial charge in [-0.05, 0) is 50.5 Å². The van der Waals surface area contributed by atoms with Gasteiger partial charge in [0, 0.05) is 31.0 Å². The van der Waals surface area contributed by atoms with Crippen LogP contribution in [0.3, 0.4) is 0 Å². The summed E-state index contributed by atoms with van der Waals surface area (Å²) in [6.07, 6.45) is 3.34. The molecule has 1 unspecified atom stereocenters. The molecule has 1 atom stereocenters. The number of nitrogens with zero attached hydrogens (tertiary/aromatic N) is 1. The number of benzene rings is 1. The second-order valence-corrected chi connectivity index (χ2v) is 5.66. The summed E-state index contributed by atoms with van der Waals surface area (Å²) >= 11 is 0. The third kappa shape index (κ3) is 3.51. The van der Waals surface area contributed by atoms with Gasteiger partial charge in [-0.15, -0.1) is 0 Å². The number of hydrogen-bond acceptors (Lipinski definition) is 1. The molecule has 20 heavy (non-hydrogen) atoms. The summed E-state index contributed by atoms with van der Waals surface area (Å²) in [5, 5.41) is 3.65. The van der Waals surface area contributed by atoms with Gasteiger partial charge in [0.15, 0.2) is 0 Å². The summed E-state index contributed by atoms with van der Waals surface area (Å²) in [5.41, 5.74) is 5.45.